The van der Waals surface area contributed by atoms with Crippen molar-refractivity contribution >= 4 is 5.91 Å². The van der Waals surface area contributed by atoms with Gasteiger partial charge >= 0.3 is 0 Å². The quantitative estimate of drug-likeness (QED) is 0.335. The monoisotopic (exact) mass is 464 g/mol. The first kappa shape index (κ1) is 22.2. The van der Waals surface area contributed by atoms with Crippen molar-refractivity contribution in [2.24, 2.45) is 0 Å². The molecule has 0 aliphatic carbocycles. The number of hydrogen-bond acceptors (Lipinski definition) is 4. The minimum absolute atomic E-state index is 0.0712. The lowest BCUT2D eigenvalue weighted by Gasteiger charge is -2.16. The van der Waals surface area contributed by atoms with Crippen LogP contribution in [0.15, 0.2) is 84.9 Å². The van der Waals surface area contributed by atoms with Crippen LogP contribution in [0.4, 0.5) is 4.39 Å². The van der Waals surface area contributed by atoms with E-state index in [0.29, 0.717) is 18.7 Å². The Bertz CT molecular complexity index is 1440. The number of nitrogens with zero attached hydrogens (tertiary/aromatic N) is 2. The molecule has 6 heteroatoms. The Balaban J connectivity index is 1.35. The van der Waals surface area contributed by atoms with Crippen molar-refractivity contribution in [3.8, 4) is 34.4 Å². The average molecular weight is 464 g/mol. The first-order valence-corrected chi connectivity index (χ1v) is 11.1. The minimum Gasteiger partial charge on any atom is -0.497 e. The highest BCUT2D eigenvalue weighted by Gasteiger charge is 2.31. The van der Waals surface area contributed by atoms with Crippen LogP contribution in [0.3, 0.4) is 0 Å². The summed E-state index contributed by atoms with van der Waals surface area (Å²) in [5.74, 6) is 0.0282. The van der Waals surface area contributed by atoms with Crippen molar-refractivity contribution in [3.63, 3.8) is 0 Å². The number of amides is 1. The molecule has 0 atom stereocenters. The maximum absolute atomic E-state index is 14.4. The molecule has 0 spiro atoms. The van der Waals surface area contributed by atoms with Crippen LogP contribution in [0.1, 0.15) is 27.0 Å². The number of hydrogen-bond donors (Lipinski definition) is 0. The number of benzene rings is 4. The summed E-state index contributed by atoms with van der Waals surface area (Å²) in [4.78, 5) is 15.0. The molecule has 1 heterocycles. The molecular formula is C29H21FN2O3. The van der Waals surface area contributed by atoms with Crippen molar-refractivity contribution in [2.75, 3.05) is 7.11 Å². The van der Waals surface area contributed by atoms with Gasteiger partial charge in [-0.2, -0.15) is 5.26 Å². The molecule has 1 amide bonds. The summed E-state index contributed by atoms with van der Waals surface area (Å²) >= 11 is 0. The highest BCUT2D eigenvalue weighted by molar-refractivity contribution is 6.01. The van der Waals surface area contributed by atoms with Gasteiger partial charge in [-0.15, -0.1) is 0 Å². The Kier molecular flexibility index (Phi) is 5.90. The molecule has 0 saturated carbocycles. The van der Waals surface area contributed by atoms with Gasteiger partial charge < -0.3 is 14.4 Å². The number of halogens is 1. The van der Waals surface area contributed by atoms with E-state index < -0.39 is 5.82 Å². The Labute approximate surface area is 202 Å². The molecule has 4 aromatic rings. The smallest absolute Gasteiger partial charge is 0.258 e. The van der Waals surface area contributed by atoms with Crippen LogP contribution in [-0.2, 0) is 13.1 Å². The predicted molar refractivity (Wildman–Crippen MR) is 130 cm³/mol. The summed E-state index contributed by atoms with van der Waals surface area (Å²) in [5, 5.41) is 9.31. The van der Waals surface area contributed by atoms with Crippen LogP contribution in [0, 0.1) is 17.1 Å². The maximum atomic E-state index is 14.4. The van der Waals surface area contributed by atoms with Crippen molar-refractivity contribution in [1.82, 2.24) is 4.90 Å². The molecule has 0 N–H and O–H groups in total. The molecular weight excluding hydrogens is 443 g/mol. The Morgan fingerprint density at radius 3 is 2.31 bits per heavy atom. The molecule has 1 aliphatic heterocycles. The van der Waals surface area contributed by atoms with Gasteiger partial charge in [0.2, 0.25) is 0 Å². The van der Waals surface area contributed by atoms with Crippen molar-refractivity contribution in [2.45, 2.75) is 13.1 Å². The third-order valence-corrected chi connectivity index (χ3v) is 6.02. The minimum atomic E-state index is -0.652. The van der Waals surface area contributed by atoms with E-state index in [2.05, 4.69) is 0 Å². The van der Waals surface area contributed by atoms with Gasteiger partial charge in [-0.25, -0.2) is 4.39 Å². The molecule has 1 aliphatic rings. The number of methoxy groups -OCH3 is 1. The fourth-order valence-electron chi connectivity index (χ4n) is 4.22. The van der Waals surface area contributed by atoms with E-state index in [4.69, 9.17) is 9.47 Å². The van der Waals surface area contributed by atoms with E-state index in [1.165, 1.54) is 18.2 Å². The Morgan fingerprint density at radius 1 is 0.943 bits per heavy atom. The summed E-state index contributed by atoms with van der Waals surface area (Å²) in [5.41, 5.74) is 4.41. The first-order chi connectivity index (χ1) is 17.1. The summed E-state index contributed by atoms with van der Waals surface area (Å²) in [6.45, 7) is 0.854. The summed E-state index contributed by atoms with van der Waals surface area (Å²) in [6.07, 6.45) is 0. The van der Waals surface area contributed by atoms with E-state index >= 15 is 0 Å². The first-order valence-electron chi connectivity index (χ1n) is 11.1. The zero-order valence-electron chi connectivity index (χ0n) is 19.0. The standard InChI is InChI=1S/C29H21FN2O3/c1-34-24-14-12-21(13-15-24)20-10-8-19(9-11-20)17-32-18-23-5-3-7-26(27(23)29(32)33)35-28-22(16-31)4-2-6-25(28)30/h2-15H,17-18H2,1H3. The van der Waals surface area contributed by atoms with Crippen LogP contribution in [0.5, 0.6) is 17.2 Å². The maximum Gasteiger partial charge on any atom is 0.258 e. The van der Waals surface area contributed by atoms with Crippen LogP contribution < -0.4 is 9.47 Å². The largest absolute Gasteiger partial charge is 0.497 e. The molecule has 0 aromatic heterocycles. The molecule has 172 valence electrons. The number of fused-ring (bicyclic) bond motifs is 1. The number of ether oxygens (including phenoxy) is 2. The normalized spacial score (nSPS) is 12.3. The highest BCUT2D eigenvalue weighted by atomic mass is 19.1. The molecule has 4 aromatic carbocycles. The highest BCUT2D eigenvalue weighted by Crippen LogP contribution is 2.36. The molecule has 0 radical (unpaired) electrons. The van der Waals surface area contributed by atoms with Gasteiger partial charge in [-0.1, -0.05) is 54.6 Å². The predicted octanol–water partition coefficient (Wildman–Crippen LogP) is 6.32. The summed E-state index contributed by atoms with van der Waals surface area (Å²) < 4.78 is 25.3. The van der Waals surface area contributed by atoms with Gasteiger partial charge in [0, 0.05) is 13.1 Å². The summed E-state index contributed by atoms with van der Waals surface area (Å²) in [7, 11) is 1.64. The Hall–Kier alpha value is -4.63. The van der Waals surface area contributed by atoms with Crippen LogP contribution in [-0.4, -0.2) is 17.9 Å². The molecule has 0 saturated heterocycles. The number of para-hydroxylation sites is 1. The van der Waals surface area contributed by atoms with Gasteiger partial charge in [0.15, 0.2) is 11.6 Å². The number of nitriles is 1. The van der Waals surface area contributed by atoms with Gasteiger partial charge in [0.25, 0.3) is 5.91 Å². The Morgan fingerprint density at radius 2 is 1.63 bits per heavy atom. The molecule has 0 fully saturated rings. The second-order valence-electron chi connectivity index (χ2n) is 8.21. The fourth-order valence-corrected chi connectivity index (χ4v) is 4.22. The van der Waals surface area contributed by atoms with Crippen LogP contribution in [0.25, 0.3) is 11.1 Å². The second kappa shape index (κ2) is 9.32. The number of carbonyl (C=O) groups excluding carboxylic acids is 1. The van der Waals surface area contributed by atoms with Gasteiger partial charge in [0.05, 0.1) is 18.2 Å². The van der Waals surface area contributed by atoms with Crippen molar-refractivity contribution < 1.29 is 18.7 Å². The SMILES string of the molecule is COc1ccc(-c2ccc(CN3Cc4cccc(Oc5c(F)cccc5C#N)c4C3=O)cc2)cc1. The molecule has 0 unspecified atom stereocenters. The van der Waals surface area contributed by atoms with E-state index in [0.717, 1.165) is 28.0 Å². The second-order valence-corrected chi connectivity index (χ2v) is 8.21. The lowest BCUT2D eigenvalue weighted by Crippen LogP contribution is -2.23. The zero-order chi connectivity index (χ0) is 24.4. The third kappa shape index (κ3) is 4.32. The van der Waals surface area contributed by atoms with Crippen LogP contribution in [0.2, 0.25) is 0 Å². The molecule has 35 heavy (non-hydrogen) atoms. The lowest BCUT2D eigenvalue weighted by molar-refractivity contribution is 0.0764. The number of rotatable bonds is 6. The van der Waals surface area contributed by atoms with Gasteiger partial charge in [0.1, 0.15) is 17.6 Å². The average Bonchev–Trinajstić information content (AvgIpc) is 3.21. The van der Waals surface area contributed by atoms with Crippen molar-refractivity contribution in [3.05, 3.63) is 113 Å². The molecule has 5 nitrogen and oxygen atoms in total. The zero-order valence-corrected chi connectivity index (χ0v) is 19.0. The third-order valence-electron chi connectivity index (χ3n) is 6.02. The van der Waals surface area contributed by atoms with E-state index in [9.17, 15) is 14.4 Å². The topological polar surface area (TPSA) is 62.6 Å². The molecule has 0 bridgehead atoms. The fraction of sp³-hybridized carbons (Fsp3) is 0.103. The van der Waals surface area contributed by atoms with E-state index in [1.54, 1.807) is 24.1 Å². The van der Waals surface area contributed by atoms with E-state index in [1.807, 2.05) is 60.7 Å². The van der Waals surface area contributed by atoms with Gasteiger partial charge in [-0.05, 0) is 52.6 Å². The van der Waals surface area contributed by atoms with Crippen molar-refractivity contribution in [1.29, 1.82) is 5.26 Å². The molecule has 5 rings (SSSR count). The number of carbonyl (C=O) groups is 1. The lowest BCUT2D eigenvalue weighted by atomic mass is 10.0. The summed E-state index contributed by atoms with van der Waals surface area (Å²) in [6, 6.07) is 27.2. The van der Waals surface area contributed by atoms with Crippen LogP contribution >= 0.6 is 0 Å². The van der Waals surface area contributed by atoms with E-state index in [-0.39, 0.29) is 23.0 Å². The van der Waals surface area contributed by atoms with Gasteiger partial charge in [-0.3, -0.25) is 4.79 Å².